The second kappa shape index (κ2) is 7.59. The smallest absolute Gasteiger partial charge is 0.274 e. The van der Waals surface area contributed by atoms with Gasteiger partial charge in [0.1, 0.15) is 5.75 Å². The third-order valence-corrected chi connectivity index (χ3v) is 6.28. The number of carbonyl (C=O) groups is 1. The zero-order valence-electron chi connectivity index (χ0n) is 17.1. The van der Waals surface area contributed by atoms with E-state index >= 15 is 0 Å². The summed E-state index contributed by atoms with van der Waals surface area (Å²) in [4.78, 5) is 28.1. The van der Waals surface area contributed by atoms with Gasteiger partial charge in [-0.1, -0.05) is 36.4 Å². The van der Waals surface area contributed by atoms with Crippen LogP contribution in [0.2, 0.25) is 0 Å². The third-order valence-electron chi connectivity index (χ3n) is 6.28. The van der Waals surface area contributed by atoms with E-state index in [1.807, 2.05) is 41.3 Å². The van der Waals surface area contributed by atoms with Gasteiger partial charge < -0.3 is 9.64 Å². The second-order valence-electron chi connectivity index (χ2n) is 8.18. The van der Waals surface area contributed by atoms with Crippen LogP contribution in [0.1, 0.15) is 53.7 Å². The van der Waals surface area contributed by atoms with Crippen LogP contribution in [0.3, 0.4) is 0 Å². The summed E-state index contributed by atoms with van der Waals surface area (Å²) in [5, 5.41) is 5.76. The lowest BCUT2D eigenvalue weighted by Gasteiger charge is -2.32. The lowest BCUT2D eigenvalue weighted by molar-refractivity contribution is 0.0706. The predicted octanol–water partition coefficient (Wildman–Crippen LogP) is 3.76. The van der Waals surface area contributed by atoms with Crippen LogP contribution < -0.4 is 10.3 Å². The van der Waals surface area contributed by atoms with Crippen molar-refractivity contribution in [3.8, 4) is 5.75 Å². The fourth-order valence-corrected chi connectivity index (χ4v) is 4.48. The molecular formula is C24H25N3O3. The topological polar surface area (TPSA) is 64.4 Å². The van der Waals surface area contributed by atoms with Crippen LogP contribution in [0, 0.1) is 0 Å². The summed E-state index contributed by atoms with van der Waals surface area (Å²) in [6, 6.07) is 15.6. The van der Waals surface area contributed by atoms with Crippen molar-refractivity contribution in [3.63, 3.8) is 0 Å². The summed E-state index contributed by atoms with van der Waals surface area (Å²) in [6.07, 6.45) is 3.66. The molecule has 1 saturated heterocycles. The molecule has 0 spiro atoms. The maximum atomic E-state index is 13.4. The highest BCUT2D eigenvalue weighted by Crippen LogP contribution is 2.35. The van der Waals surface area contributed by atoms with Crippen molar-refractivity contribution in [2.75, 3.05) is 20.2 Å². The van der Waals surface area contributed by atoms with Crippen molar-refractivity contribution in [1.29, 1.82) is 0 Å². The van der Waals surface area contributed by atoms with Gasteiger partial charge in [-0.05, 0) is 49.3 Å². The van der Waals surface area contributed by atoms with Crippen molar-refractivity contribution in [2.24, 2.45) is 0 Å². The molecule has 0 bridgehead atoms. The van der Waals surface area contributed by atoms with E-state index in [0.29, 0.717) is 35.5 Å². The van der Waals surface area contributed by atoms with E-state index in [9.17, 15) is 9.59 Å². The largest absolute Gasteiger partial charge is 0.496 e. The number of methoxy groups -OCH3 is 1. The molecule has 154 valence electrons. The Labute approximate surface area is 175 Å². The summed E-state index contributed by atoms with van der Waals surface area (Å²) in [5.74, 6) is 1.20. The highest BCUT2D eigenvalue weighted by Gasteiger charge is 2.31. The number of nitrogens with zero attached hydrogens (tertiary/aromatic N) is 3. The van der Waals surface area contributed by atoms with Gasteiger partial charge in [-0.2, -0.15) is 5.10 Å². The van der Waals surface area contributed by atoms with Gasteiger partial charge in [-0.25, -0.2) is 4.68 Å². The van der Waals surface area contributed by atoms with Crippen LogP contribution in [-0.2, 0) is 0 Å². The lowest BCUT2D eigenvalue weighted by Crippen LogP contribution is -2.39. The number of aromatic nitrogens is 2. The average molecular weight is 403 g/mol. The summed E-state index contributed by atoms with van der Waals surface area (Å²) in [5.41, 5.74) is 1.50. The molecule has 0 radical (unpaired) electrons. The molecule has 0 N–H and O–H groups in total. The first-order chi connectivity index (χ1) is 14.7. The van der Waals surface area contributed by atoms with E-state index in [4.69, 9.17) is 4.74 Å². The molecule has 30 heavy (non-hydrogen) atoms. The minimum Gasteiger partial charge on any atom is -0.496 e. The molecule has 1 aliphatic heterocycles. The Balaban J connectivity index is 1.42. The molecule has 6 nitrogen and oxygen atoms in total. The summed E-state index contributed by atoms with van der Waals surface area (Å²) in [7, 11) is 1.70. The standard InChI is InChI=1S/C24H25N3O3/c1-30-21-9-5-4-6-18(21)16-12-14-26(15-13-16)24(29)22-19-7-2-3-8-20(19)23(28)27(25-22)17-10-11-17/h2-9,16-17H,10-15H2,1H3. The molecule has 3 aromatic rings. The number of fused-ring (bicyclic) bond motifs is 1. The van der Waals surface area contributed by atoms with Gasteiger partial charge in [-0.3, -0.25) is 9.59 Å². The maximum Gasteiger partial charge on any atom is 0.274 e. The van der Waals surface area contributed by atoms with Gasteiger partial charge in [0.25, 0.3) is 11.5 Å². The van der Waals surface area contributed by atoms with E-state index in [-0.39, 0.29) is 17.5 Å². The van der Waals surface area contributed by atoms with Gasteiger partial charge in [-0.15, -0.1) is 0 Å². The number of amides is 1. The van der Waals surface area contributed by atoms with Crippen molar-refractivity contribution >= 4 is 16.7 Å². The number of rotatable bonds is 4. The highest BCUT2D eigenvalue weighted by atomic mass is 16.5. The molecule has 2 aliphatic rings. The van der Waals surface area contributed by atoms with Gasteiger partial charge in [0, 0.05) is 18.5 Å². The Hall–Kier alpha value is -3.15. The molecule has 1 aromatic heterocycles. The van der Waals surface area contributed by atoms with Gasteiger partial charge >= 0.3 is 0 Å². The Kier molecular flexibility index (Phi) is 4.77. The monoisotopic (exact) mass is 403 g/mol. The van der Waals surface area contributed by atoms with Crippen molar-refractivity contribution in [2.45, 2.75) is 37.6 Å². The molecule has 2 fully saturated rings. The molecular weight excluding hydrogens is 378 g/mol. The zero-order chi connectivity index (χ0) is 20.7. The SMILES string of the molecule is COc1ccccc1C1CCN(C(=O)c2nn(C3CC3)c(=O)c3ccccc23)CC1. The summed E-state index contributed by atoms with van der Waals surface area (Å²) < 4.78 is 7.05. The van der Waals surface area contributed by atoms with E-state index in [1.54, 1.807) is 13.2 Å². The number of hydrogen-bond donors (Lipinski definition) is 0. The quantitative estimate of drug-likeness (QED) is 0.665. The fourth-order valence-electron chi connectivity index (χ4n) is 4.48. The van der Waals surface area contributed by atoms with Gasteiger partial charge in [0.2, 0.25) is 0 Å². The molecule has 6 heteroatoms. The van der Waals surface area contributed by atoms with E-state index < -0.39 is 0 Å². The number of hydrogen-bond acceptors (Lipinski definition) is 4. The molecule has 5 rings (SSSR count). The van der Waals surface area contributed by atoms with E-state index in [1.165, 1.54) is 10.2 Å². The minimum absolute atomic E-state index is 0.0842. The van der Waals surface area contributed by atoms with Gasteiger partial charge in [0.05, 0.1) is 18.5 Å². The normalized spacial score (nSPS) is 17.3. The zero-order valence-corrected chi connectivity index (χ0v) is 17.1. The van der Waals surface area contributed by atoms with Crippen LogP contribution in [0.25, 0.3) is 10.8 Å². The first-order valence-electron chi connectivity index (χ1n) is 10.6. The molecule has 0 unspecified atom stereocenters. The van der Waals surface area contributed by atoms with Crippen LogP contribution in [0.15, 0.2) is 53.3 Å². The first-order valence-corrected chi connectivity index (χ1v) is 10.6. The number of likely N-dealkylation sites (tertiary alicyclic amines) is 1. The first kappa shape index (κ1) is 18.9. The summed E-state index contributed by atoms with van der Waals surface area (Å²) >= 11 is 0. The fraction of sp³-hybridized carbons (Fsp3) is 0.375. The summed E-state index contributed by atoms with van der Waals surface area (Å²) in [6.45, 7) is 1.33. The number of benzene rings is 2. The Morgan fingerprint density at radius 1 is 0.967 bits per heavy atom. The molecule has 0 atom stereocenters. The van der Waals surface area contributed by atoms with E-state index in [0.717, 1.165) is 31.4 Å². The lowest BCUT2D eigenvalue weighted by atomic mass is 9.88. The van der Waals surface area contributed by atoms with Crippen LogP contribution in [0.4, 0.5) is 0 Å². The van der Waals surface area contributed by atoms with Crippen molar-refractivity contribution < 1.29 is 9.53 Å². The number of piperidine rings is 1. The van der Waals surface area contributed by atoms with Crippen molar-refractivity contribution in [3.05, 3.63) is 70.1 Å². The number of ether oxygens (including phenoxy) is 1. The number of para-hydroxylation sites is 1. The highest BCUT2D eigenvalue weighted by molar-refractivity contribution is 6.04. The number of carbonyl (C=O) groups excluding carboxylic acids is 1. The Morgan fingerprint density at radius 2 is 1.63 bits per heavy atom. The Bertz CT molecular complexity index is 1160. The molecule has 2 aromatic carbocycles. The van der Waals surface area contributed by atoms with Crippen LogP contribution in [0.5, 0.6) is 5.75 Å². The minimum atomic E-state index is -0.0977. The van der Waals surface area contributed by atoms with Crippen LogP contribution in [-0.4, -0.2) is 40.8 Å². The average Bonchev–Trinajstić information content (AvgIpc) is 3.64. The molecule has 1 amide bonds. The molecule has 2 heterocycles. The van der Waals surface area contributed by atoms with Gasteiger partial charge in [0.15, 0.2) is 5.69 Å². The third kappa shape index (κ3) is 3.26. The van der Waals surface area contributed by atoms with E-state index in [2.05, 4.69) is 11.2 Å². The predicted molar refractivity (Wildman–Crippen MR) is 115 cm³/mol. The van der Waals surface area contributed by atoms with Crippen LogP contribution >= 0.6 is 0 Å². The van der Waals surface area contributed by atoms with Crippen molar-refractivity contribution in [1.82, 2.24) is 14.7 Å². The second-order valence-corrected chi connectivity index (χ2v) is 8.18. The molecule has 1 saturated carbocycles. The molecule has 1 aliphatic carbocycles. The maximum absolute atomic E-state index is 13.4. The Morgan fingerprint density at radius 3 is 2.33 bits per heavy atom.